The highest BCUT2D eigenvalue weighted by Crippen LogP contribution is 2.72. The number of hydrogen-bond acceptors (Lipinski definition) is 0. The van der Waals surface area contributed by atoms with Gasteiger partial charge in [-0.1, -0.05) is 84.0 Å². The zero-order valence-electron chi connectivity index (χ0n) is 22.1. The molecule has 2 aromatic carbocycles. The lowest BCUT2D eigenvalue weighted by molar-refractivity contribution is -0.00143. The van der Waals surface area contributed by atoms with Gasteiger partial charge in [0.25, 0.3) is 0 Å². The highest BCUT2D eigenvalue weighted by molar-refractivity contribution is 7.25. The Kier molecular flexibility index (Phi) is 6.06. The van der Waals surface area contributed by atoms with Crippen molar-refractivity contribution in [1.82, 2.24) is 0 Å². The van der Waals surface area contributed by atoms with E-state index in [4.69, 9.17) is 0 Å². The summed E-state index contributed by atoms with van der Waals surface area (Å²) in [6.07, 6.45) is 7.00. The van der Waals surface area contributed by atoms with E-state index in [1.54, 1.807) is 11.1 Å². The maximum atomic E-state index is 3.52. The van der Waals surface area contributed by atoms with Gasteiger partial charge in [0, 0.05) is 10.3 Å². The SMILES string of the molecule is CC(C)(C)C(P)(c1ccc(-c2ccccc2)cc1C1(P)C2CC3CC(C2)CC1(P)C3)C(C)(C)C. The Balaban J connectivity index is 1.80. The summed E-state index contributed by atoms with van der Waals surface area (Å²) in [4.78, 5) is 0. The fourth-order valence-corrected chi connectivity index (χ4v) is 10.6. The van der Waals surface area contributed by atoms with Crippen LogP contribution in [0.1, 0.15) is 84.8 Å². The van der Waals surface area contributed by atoms with Gasteiger partial charge in [-0.15, -0.1) is 27.7 Å². The first-order valence-electron chi connectivity index (χ1n) is 13.3. The molecule has 0 amide bonds. The summed E-state index contributed by atoms with van der Waals surface area (Å²) in [7, 11) is 10.4. The molecule has 0 nitrogen and oxygen atoms in total. The van der Waals surface area contributed by atoms with Crippen molar-refractivity contribution in [1.29, 1.82) is 0 Å². The quantitative estimate of drug-likeness (QED) is 0.361. The maximum absolute atomic E-state index is 3.52. The predicted molar refractivity (Wildman–Crippen MR) is 160 cm³/mol. The molecule has 4 aliphatic carbocycles. The minimum Gasteiger partial charge on any atom is -0.130 e. The average molecular weight is 511 g/mol. The first-order valence-corrected chi connectivity index (χ1v) is 15.0. The molecule has 6 rings (SSSR count). The molecular weight excluding hydrogens is 465 g/mol. The fraction of sp³-hybridized carbons (Fsp3) is 0.613. The van der Waals surface area contributed by atoms with Gasteiger partial charge < -0.3 is 0 Å². The van der Waals surface area contributed by atoms with E-state index < -0.39 is 0 Å². The molecule has 0 spiro atoms. The summed E-state index contributed by atoms with van der Waals surface area (Å²) in [5, 5.41) is 0.325. The van der Waals surface area contributed by atoms with Crippen molar-refractivity contribution in [3.05, 3.63) is 59.7 Å². The third-order valence-corrected chi connectivity index (χ3v) is 14.7. The predicted octanol–water partition coefficient (Wildman–Crippen LogP) is 9.04. The molecule has 4 saturated carbocycles. The summed E-state index contributed by atoms with van der Waals surface area (Å²) >= 11 is 0. The Labute approximate surface area is 215 Å². The van der Waals surface area contributed by atoms with Gasteiger partial charge >= 0.3 is 0 Å². The minimum atomic E-state index is -0.0518. The molecule has 4 aliphatic rings. The summed E-state index contributed by atoms with van der Waals surface area (Å²) in [5.74, 6) is 2.60. The van der Waals surface area contributed by atoms with Crippen LogP contribution in [0.3, 0.4) is 0 Å². The summed E-state index contributed by atoms with van der Waals surface area (Å²) < 4.78 is 0. The molecule has 184 valence electrons. The van der Waals surface area contributed by atoms with Crippen molar-refractivity contribution in [3.63, 3.8) is 0 Å². The van der Waals surface area contributed by atoms with Crippen molar-refractivity contribution < 1.29 is 0 Å². The van der Waals surface area contributed by atoms with E-state index in [1.807, 2.05) is 0 Å². The lowest BCUT2D eigenvalue weighted by Crippen LogP contribution is -2.61. The van der Waals surface area contributed by atoms with Crippen LogP contribution in [0.4, 0.5) is 0 Å². The average Bonchev–Trinajstić information content (AvgIpc) is 2.75. The third kappa shape index (κ3) is 3.56. The van der Waals surface area contributed by atoms with E-state index in [0.717, 1.165) is 17.8 Å². The Bertz CT molecular complexity index is 1050. The van der Waals surface area contributed by atoms with Crippen LogP contribution in [-0.2, 0) is 10.3 Å². The van der Waals surface area contributed by atoms with Crippen molar-refractivity contribution in [3.8, 4) is 11.1 Å². The zero-order chi connectivity index (χ0) is 24.7. The van der Waals surface area contributed by atoms with Crippen LogP contribution in [0, 0.1) is 28.6 Å². The molecule has 4 bridgehead atoms. The first-order chi connectivity index (χ1) is 15.7. The number of hydrogen-bond donors (Lipinski definition) is 0. The molecule has 6 unspecified atom stereocenters. The van der Waals surface area contributed by atoms with Gasteiger partial charge in [-0.3, -0.25) is 0 Å². The Morgan fingerprint density at radius 3 is 1.79 bits per heavy atom. The van der Waals surface area contributed by atoms with Crippen LogP contribution in [0.15, 0.2) is 48.5 Å². The molecule has 0 saturated heterocycles. The molecule has 0 N–H and O–H groups in total. The molecule has 34 heavy (non-hydrogen) atoms. The summed E-state index contributed by atoms with van der Waals surface area (Å²) in [5.41, 5.74) is 6.02. The molecule has 6 atom stereocenters. The van der Waals surface area contributed by atoms with Crippen LogP contribution in [0.5, 0.6) is 0 Å². The summed E-state index contributed by atoms with van der Waals surface area (Å²) in [6, 6.07) is 18.5. The van der Waals surface area contributed by atoms with E-state index in [9.17, 15) is 0 Å². The van der Waals surface area contributed by atoms with Crippen molar-refractivity contribution >= 4 is 27.7 Å². The van der Waals surface area contributed by atoms with Crippen molar-refractivity contribution in [2.45, 2.75) is 89.1 Å². The van der Waals surface area contributed by atoms with Gasteiger partial charge in [0.15, 0.2) is 0 Å². The fourth-order valence-electron chi connectivity index (χ4n) is 8.59. The lowest BCUT2D eigenvalue weighted by atomic mass is 9.48. The van der Waals surface area contributed by atoms with Gasteiger partial charge in [-0.05, 0) is 94.2 Å². The largest absolute Gasteiger partial charge is 0.130 e. The highest BCUT2D eigenvalue weighted by Gasteiger charge is 2.63. The van der Waals surface area contributed by atoms with Gasteiger partial charge in [-0.25, -0.2) is 0 Å². The first kappa shape index (κ1) is 25.4. The second-order valence-corrected chi connectivity index (χ2v) is 16.9. The van der Waals surface area contributed by atoms with Crippen molar-refractivity contribution in [2.24, 2.45) is 28.6 Å². The van der Waals surface area contributed by atoms with E-state index in [-0.39, 0.29) is 26.3 Å². The van der Waals surface area contributed by atoms with E-state index in [2.05, 4.69) is 118 Å². The van der Waals surface area contributed by atoms with Gasteiger partial charge in [0.2, 0.25) is 0 Å². The van der Waals surface area contributed by atoms with Gasteiger partial charge in [0.1, 0.15) is 0 Å². The minimum absolute atomic E-state index is 0.0518. The van der Waals surface area contributed by atoms with Gasteiger partial charge in [0.05, 0.1) is 0 Å². The monoisotopic (exact) mass is 510 g/mol. The standard InChI is InChI=1S/C31H45P3/c1-27(2,3)31(34,28(4,5)6)25-13-12-23(22-10-8-7-9-11-22)17-26(25)30(33)24-15-20-14-21(16-24)19-29(30,32)18-20/h7-13,17,20-21,24H,14-16,18-19,32-34H2,1-6H3. The number of rotatable bonds is 3. The third-order valence-electron chi connectivity index (χ3n) is 10.0. The van der Waals surface area contributed by atoms with Gasteiger partial charge in [-0.2, -0.15) is 0 Å². The maximum Gasteiger partial charge on any atom is 0.0219 e. The zero-order valence-corrected chi connectivity index (χ0v) is 25.6. The Morgan fingerprint density at radius 2 is 1.29 bits per heavy atom. The molecule has 0 heterocycles. The van der Waals surface area contributed by atoms with E-state index >= 15 is 0 Å². The Morgan fingerprint density at radius 1 is 0.735 bits per heavy atom. The van der Waals surface area contributed by atoms with Crippen LogP contribution < -0.4 is 0 Å². The number of benzene rings is 2. The topological polar surface area (TPSA) is 0 Å². The molecule has 3 heteroatoms. The summed E-state index contributed by atoms with van der Waals surface area (Å²) in [6.45, 7) is 14.6. The second kappa shape index (κ2) is 8.11. The lowest BCUT2D eigenvalue weighted by Gasteiger charge is -2.67. The normalized spacial score (nSPS) is 33.4. The van der Waals surface area contributed by atoms with Crippen LogP contribution in [0.25, 0.3) is 11.1 Å². The highest BCUT2D eigenvalue weighted by atomic mass is 31.0. The molecule has 0 radical (unpaired) electrons. The van der Waals surface area contributed by atoms with Crippen LogP contribution in [0.2, 0.25) is 0 Å². The van der Waals surface area contributed by atoms with E-state index in [0.29, 0.717) is 0 Å². The van der Waals surface area contributed by atoms with Crippen LogP contribution in [-0.4, -0.2) is 5.16 Å². The molecule has 2 aromatic rings. The molecule has 0 aliphatic heterocycles. The smallest absolute Gasteiger partial charge is 0.0219 e. The molecule has 4 fully saturated rings. The Hall–Kier alpha value is -0.270. The van der Waals surface area contributed by atoms with E-state index in [1.165, 1.54) is 43.2 Å². The molecule has 0 aromatic heterocycles. The second-order valence-electron chi connectivity index (χ2n) is 14.0. The van der Waals surface area contributed by atoms with Crippen LogP contribution >= 0.6 is 27.7 Å². The molecular formula is C31H45P3. The van der Waals surface area contributed by atoms with Crippen molar-refractivity contribution in [2.75, 3.05) is 0 Å².